The molecule has 0 saturated carbocycles. The highest BCUT2D eigenvalue weighted by Gasteiger charge is 2.12. The molecule has 132 valence electrons. The quantitative estimate of drug-likeness (QED) is 0.769. The number of hydrogen-bond donors (Lipinski definition) is 1. The maximum absolute atomic E-state index is 11.6. The summed E-state index contributed by atoms with van der Waals surface area (Å²) in [6, 6.07) is 18.2. The zero-order valence-corrected chi connectivity index (χ0v) is 14.6. The van der Waals surface area contributed by atoms with Gasteiger partial charge >= 0.3 is 0 Å². The summed E-state index contributed by atoms with van der Waals surface area (Å²) < 4.78 is 7.28. The summed E-state index contributed by atoms with van der Waals surface area (Å²) in [4.78, 5) is 22.8. The molecule has 0 unspecified atom stereocenters. The van der Waals surface area contributed by atoms with E-state index in [9.17, 15) is 9.59 Å². The Labute approximate surface area is 151 Å². The predicted molar refractivity (Wildman–Crippen MR) is 99.0 cm³/mol. The van der Waals surface area contributed by atoms with Crippen LogP contribution in [0.3, 0.4) is 0 Å². The summed E-state index contributed by atoms with van der Waals surface area (Å²) in [6.07, 6.45) is 0. The molecule has 0 aliphatic heterocycles. The average Bonchev–Trinajstić information content (AvgIpc) is 2.64. The number of rotatable bonds is 5. The van der Waals surface area contributed by atoms with Crippen molar-refractivity contribution in [2.45, 2.75) is 13.5 Å². The molecule has 0 fully saturated rings. The second kappa shape index (κ2) is 7.65. The first-order chi connectivity index (χ1) is 12.5. The van der Waals surface area contributed by atoms with Crippen molar-refractivity contribution in [1.29, 1.82) is 0 Å². The normalized spacial score (nSPS) is 10.4. The van der Waals surface area contributed by atoms with Crippen LogP contribution in [-0.4, -0.2) is 15.7 Å². The van der Waals surface area contributed by atoms with Crippen molar-refractivity contribution in [3.63, 3.8) is 0 Å². The van der Waals surface area contributed by atoms with Crippen LogP contribution in [0, 0.1) is 0 Å². The van der Waals surface area contributed by atoms with Crippen LogP contribution >= 0.6 is 0 Å². The number of hydrogen-bond acceptors (Lipinski definition) is 4. The molecule has 1 aromatic heterocycles. The van der Waals surface area contributed by atoms with E-state index in [2.05, 4.69) is 10.4 Å². The van der Waals surface area contributed by atoms with E-state index in [-0.39, 0.29) is 11.5 Å². The maximum atomic E-state index is 11.6. The molecule has 0 spiro atoms. The number of ether oxygens (including phenoxy) is 1. The van der Waals surface area contributed by atoms with E-state index in [1.807, 2.05) is 48.5 Å². The van der Waals surface area contributed by atoms with E-state index in [1.54, 1.807) is 13.1 Å². The van der Waals surface area contributed by atoms with E-state index in [0.29, 0.717) is 23.7 Å². The Hall–Kier alpha value is -3.41. The minimum absolute atomic E-state index is 0.101. The average molecular weight is 349 g/mol. The van der Waals surface area contributed by atoms with E-state index in [4.69, 9.17) is 4.74 Å². The molecule has 1 heterocycles. The molecule has 3 aromatic rings. The van der Waals surface area contributed by atoms with Gasteiger partial charge in [0.25, 0.3) is 5.56 Å². The number of aryl methyl sites for hydroxylation is 1. The number of carbonyl (C=O) groups is 1. The highest BCUT2D eigenvalue weighted by molar-refractivity contribution is 5.73. The Balaban J connectivity index is 2.03. The van der Waals surface area contributed by atoms with E-state index in [1.165, 1.54) is 17.7 Å². The fraction of sp³-hybridized carbons (Fsp3) is 0.150. The van der Waals surface area contributed by atoms with Crippen LogP contribution in [-0.2, 0) is 18.4 Å². The first-order valence-corrected chi connectivity index (χ1v) is 8.18. The van der Waals surface area contributed by atoms with Gasteiger partial charge in [0.05, 0.1) is 5.69 Å². The number of nitrogens with zero attached hydrogens (tertiary/aromatic N) is 2. The Bertz CT molecular complexity index is 981. The van der Waals surface area contributed by atoms with Crippen LogP contribution in [0.2, 0.25) is 0 Å². The van der Waals surface area contributed by atoms with Gasteiger partial charge in [0.2, 0.25) is 5.91 Å². The van der Waals surface area contributed by atoms with Crippen LogP contribution in [0.25, 0.3) is 11.3 Å². The highest BCUT2D eigenvalue weighted by Crippen LogP contribution is 2.33. The Kier molecular flexibility index (Phi) is 5.12. The van der Waals surface area contributed by atoms with Crippen molar-refractivity contribution in [3.05, 3.63) is 76.6 Å². The van der Waals surface area contributed by atoms with Crippen LogP contribution in [0.1, 0.15) is 12.5 Å². The monoisotopic (exact) mass is 349 g/mol. The number of aromatic nitrogens is 2. The van der Waals surface area contributed by atoms with Crippen molar-refractivity contribution >= 4 is 5.91 Å². The van der Waals surface area contributed by atoms with E-state index >= 15 is 0 Å². The van der Waals surface area contributed by atoms with Crippen molar-refractivity contribution < 1.29 is 9.53 Å². The molecule has 0 aliphatic rings. The molecular formula is C20H19N3O3. The summed E-state index contributed by atoms with van der Waals surface area (Å²) >= 11 is 0. The van der Waals surface area contributed by atoms with Gasteiger partial charge in [-0.3, -0.25) is 9.59 Å². The topological polar surface area (TPSA) is 73.2 Å². The lowest BCUT2D eigenvalue weighted by Gasteiger charge is -2.13. The molecule has 0 aliphatic carbocycles. The van der Waals surface area contributed by atoms with Crippen molar-refractivity contribution in [1.82, 2.24) is 15.1 Å². The zero-order chi connectivity index (χ0) is 18.5. The zero-order valence-electron chi connectivity index (χ0n) is 14.6. The standard InChI is InChI=1S/C20H19N3O3/c1-14(24)21-13-15-8-10-19(26-16-6-4-3-5-7-16)17(12-15)18-9-11-20(25)23(2)22-18/h3-12H,13H2,1-2H3,(H,21,24). The van der Waals surface area contributed by atoms with Crippen LogP contribution < -0.4 is 15.6 Å². The molecule has 6 heteroatoms. The molecule has 1 amide bonds. The molecule has 26 heavy (non-hydrogen) atoms. The summed E-state index contributed by atoms with van der Waals surface area (Å²) in [5.41, 5.74) is 2.08. The van der Waals surface area contributed by atoms with Gasteiger partial charge in [-0.15, -0.1) is 0 Å². The summed E-state index contributed by atoms with van der Waals surface area (Å²) in [7, 11) is 1.60. The number of nitrogens with one attached hydrogen (secondary N) is 1. The van der Waals surface area contributed by atoms with Crippen LogP contribution in [0.5, 0.6) is 11.5 Å². The molecular weight excluding hydrogens is 330 g/mol. The van der Waals surface area contributed by atoms with Gasteiger partial charge in [0.15, 0.2) is 0 Å². The fourth-order valence-corrected chi connectivity index (χ4v) is 2.46. The number of para-hydroxylation sites is 1. The highest BCUT2D eigenvalue weighted by atomic mass is 16.5. The third-order valence-corrected chi connectivity index (χ3v) is 3.79. The third-order valence-electron chi connectivity index (χ3n) is 3.79. The van der Waals surface area contributed by atoms with Crippen molar-refractivity contribution in [2.24, 2.45) is 7.05 Å². The van der Waals surface area contributed by atoms with Crippen LogP contribution in [0.4, 0.5) is 0 Å². The van der Waals surface area contributed by atoms with E-state index in [0.717, 1.165) is 11.1 Å². The molecule has 0 radical (unpaired) electrons. The predicted octanol–water partition coefficient (Wildman–Crippen LogP) is 2.88. The van der Waals surface area contributed by atoms with Crippen LogP contribution in [0.15, 0.2) is 65.5 Å². The van der Waals surface area contributed by atoms with Crippen molar-refractivity contribution in [3.8, 4) is 22.8 Å². The summed E-state index contributed by atoms with van der Waals surface area (Å²) in [5, 5.41) is 7.09. The Morgan fingerprint density at radius 3 is 2.58 bits per heavy atom. The molecule has 0 bridgehead atoms. The molecule has 2 aromatic carbocycles. The minimum Gasteiger partial charge on any atom is -0.457 e. The van der Waals surface area contributed by atoms with Gasteiger partial charge in [-0.05, 0) is 35.9 Å². The lowest BCUT2D eigenvalue weighted by molar-refractivity contribution is -0.119. The Morgan fingerprint density at radius 1 is 1.12 bits per heavy atom. The molecule has 0 saturated heterocycles. The van der Waals surface area contributed by atoms with Gasteiger partial charge in [0.1, 0.15) is 11.5 Å². The number of amides is 1. The molecule has 3 rings (SSSR count). The summed E-state index contributed by atoms with van der Waals surface area (Å²) in [6.45, 7) is 1.88. The smallest absolute Gasteiger partial charge is 0.266 e. The van der Waals surface area contributed by atoms with E-state index < -0.39 is 0 Å². The van der Waals surface area contributed by atoms with Gasteiger partial charge in [-0.1, -0.05) is 24.3 Å². The maximum Gasteiger partial charge on any atom is 0.266 e. The number of benzene rings is 2. The lowest BCUT2D eigenvalue weighted by atomic mass is 10.1. The minimum atomic E-state index is -0.186. The van der Waals surface area contributed by atoms with Gasteiger partial charge in [-0.2, -0.15) is 5.10 Å². The molecule has 6 nitrogen and oxygen atoms in total. The number of carbonyl (C=O) groups excluding carboxylic acids is 1. The second-order valence-electron chi connectivity index (χ2n) is 5.84. The molecule has 0 atom stereocenters. The SMILES string of the molecule is CC(=O)NCc1ccc(Oc2ccccc2)c(-c2ccc(=O)n(C)n2)c1. The van der Waals surface area contributed by atoms with Gasteiger partial charge < -0.3 is 10.1 Å². The summed E-state index contributed by atoms with van der Waals surface area (Å²) in [5.74, 6) is 1.22. The first kappa shape index (κ1) is 17.4. The first-order valence-electron chi connectivity index (χ1n) is 8.18. The van der Waals surface area contributed by atoms with Gasteiger partial charge in [0, 0.05) is 32.1 Å². The van der Waals surface area contributed by atoms with Gasteiger partial charge in [-0.25, -0.2) is 4.68 Å². The second-order valence-corrected chi connectivity index (χ2v) is 5.84. The lowest BCUT2D eigenvalue weighted by Crippen LogP contribution is -2.19. The Morgan fingerprint density at radius 2 is 1.88 bits per heavy atom. The largest absolute Gasteiger partial charge is 0.457 e. The molecule has 1 N–H and O–H groups in total. The third kappa shape index (κ3) is 4.16. The van der Waals surface area contributed by atoms with Crippen molar-refractivity contribution in [2.75, 3.05) is 0 Å². The fourth-order valence-electron chi connectivity index (χ4n) is 2.46.